The van der Waals surface area contributed by atoms with E-state index in [1.807, 2.05) is 111 Å². The molecule has 1 aliphatic heterocycles. The van der Waals surface area contributed by atoms with Crippen LogP contribution in [0.3, 0.4) is 0 Å². The number of aromatic amines is 1. The number of hydrogen-bond donors (Lipinski definition) is 1. The molecule has 244 valence electrons. The molecule has 0 amide bonds. The van der Waals surface area contributed by atoms with E-state index < -0.39 is 50.4 Å². The normalized spacial score (nSPS) is 20.6. The van der Waals surface area contributed by atoms with Crippen molar-refractivity contribution < 1.29 is 27.5 Å². The maximum absolute atomic E-state index is 14.7. The Kier molecular flexibility index (Phi) is 9.86. The molecule has 0 bridgehead atoms. The Morgan fingerprint density at radius 2 is 1.37 bits per heavy atom. The summed E-state index contributed by atoms with van der Waals surface area (Å²) in [4.78, 5) is 27.6. The van der Waals surface area contributed by atoms with Crippen LogP contribution in [0.15, 0.2) is 107 Å². The fourth-order valence-corrected chi connectivity index (χ4v) is 10.4. The number of nitrogens with zero attached hydrogens (tertiary/aromatic N) is 1. The van der Waals surface area contributed by atoms with Crippen LogP contribution in [-0.4, -0.2) is 50.1 Å². The van der Waals surface area contributed by atoms with Crippen molar-refractivity contribution >= 4 is 15.9 Å². The van der Waals surface area contributed by atoms with Crippen molar-refractivity contribution in [1.82, 2.24) is 9.55 Å². The third-order valence-corrected chi connectivity index (χ3v) is 11.8. The Morgan fingerprint density at radius 1 is 0.891 bits per heavy atom. The van der Waals surface area contributed by atoms with Crippen molar-refractivity contribution in [3.8, 4) is 0 Å². The van der Waals surface area contributed by atoms with Crippen LogP contribution in [-0.2, 0) is 33.1 Å². The van der Waals surface area contributed by atoms with Crippen LogP contribution in [0, 0.1) is 6.92 Å². The van der Waals surface area contributed by atoms with Crippen LogP contribution in [0.1, 0.15) is 34.9 Å². The smallest absolute Gasteiger partial charge is 0.363 e. The van der Waals surface area contributed by atoms with Gasteiger partial charge in [-0.25, -0.2) is 4.79 Å². The Balaban J connectivity index is 1.70. The zero-order valence-electron chi connectivity index (χ0n) is 27.0. The van der Waals surface area contributed by atoms with Crippen LogP contribution in [0.5, 0.6) is 0 Å². The highest BCUT2D eigenvalue weighted by Gasteiger charge is 2.65. The molecule has 4 aromatic rings. The SMILES string of the molecule is COP(=O)(OC)[C@@]1(O[Si](C)(C)C)C[C@H](n2cc(C)c(=O)[nH]c2=O)OC1COC(c1ccccc1)(c1ccccc1)c1ccccc1. The highest BCUT2D eigenvalue weighted by atomic mass is 31.2. The van der Waals surface area contributed by atoms with Crippen LogP contribution in [0.25, 0.3) is 0 Å². The zero-order chi connectivity index (χ0) is 33.2. The Labute approximate surface area is 269 Å². The number of benzene rings is 3. The van der Waals surface area contributed by atoms with E-state index in [-0.39, 0.29) is 13.0 Å². The van der Waals surface area contributed by atoms with Gasteiger partial charge in [-0.15, -0.1) is 0 Å². The second kappa shape index (κ2) is 13.4. The van der Waals surface area contributed by atoms with Gasteiger partial charge in [-0.2, -0.15) is 0 Å². The van der Waals surface area contributed by atoms with E-state index in [1.165, 1.54) is 25.0 Å². The minimum Gasteiger partial charge on any atom is -0.399 e. The maximum Gasteiger partial charge on any atom is 0.363 e. The highest BCUT2D eigenvalue weighted by Crippen LogP contribution is 2.67. The molecular formula is C34H41N2O8PSi. The zero-order valence-corrected chi connectivity index (χ0v) is 28.9. The van der Waals surface area contributed by atoms with Gasteiger partial charge in [-0.1, -0.05) is 91.0 Å². The minimum absolute atomic E-state index is 0.0648. The van der Waals surface area contributed by atoms with Gasteiger partial charge in [0.05, 0.1) is 6.61 Å². The first kappa shape index (κ1) is 33.9. The minimum atomic E-state index is -4.08. The number of nitrogens with one attached hydrogen (secondary N) is 1. The van der Waals surface area contributed by atoms with Gasteiger partial charge in [0.1, 0.15) is 17.9 Å². The number of aromatic nitrogens is 2. The van der Waals surface area contributed by atoms with Crippen molar-refractivity contribution in [2.45, 2.75) is 56.3 Å². The first-order valence-electron chi connectivity index (χ1n) is 15.1. The molecule has 0 aliphatic carbocycles. The van der Waals surface area contributed by atoms with Gasteiger partial charge < -0.3 is 22.9 Å². The molecule has 1 N–H and O–H groups in total. The van der Waals surface area contributed by atoms with Gasteiger partial charge >= 0.3 is 13.3 Å². The van der Waals surface area contributed by atoms with Crippen LogP contribution < -0.4 is 11.2 Å². The maximum atomic E-state index is 14.7. The Morgan fingerprint density at radius 3 is 1.80 bits per heavy atom. The standard InChI is InChI=1S/C34H41N2O8PSi/c1-25-23-36(32(38)35-31(25)37)30-22-33(44-46(4,5)6,45(39,40-2)41-3)29(43-30)24-42-34(26-16-10-7-11-17-26,27-18-12-8-13-19-27)28-20-14-9-15-21-28/h7-21,23,29-30H,22,24H2,1-6H3,(H,35,37,38)/t29?,30-,33+/m1/s1. The van der Waals surface area contributed by atoms with E-state index >= 15 is 0 Å². The summed E-state index contributed by atoms with van der Waals surface area (Å²) in [5.41, 5.74) is 0.638. The number of aryl methyl sites for hydroxylation is 1. The third-order valence-electron chi connectivity index (χ3n) is 8.17. The molecule has 3 aromatic carbocycles. The van der Waals surface area contributed by atoms with Crippen molar-refractivity contribution in [2.24, 2.45) is 0 Å². The lowest BCUT2D eigenvalue weighted by molar-refractivity contribution is -0.103. The molecule has 0 spiro atoms. The summed E-state index contributed by atoms with van der Waals surface area (Å²) in [5, 5.41) is -1.66. The largest absolute Gasteiger partial charge is 0.399 e. The molecule has 1 unspecified atom stereocenters. The molecule has 1 aliphatic rings. The first-order valence-corrected chi connectivity index (χ1v) is 20.0. The predicted molar refractivity (Wildman–Crippen MR) is 179 cm³/mol. The molecule has 3 atom stereocenters. The quantitative estimate of drug-likeness (QED) is 0.109. The van der Waals surface area contributed by atoms with E-state index in [1.54, 1.807) is 6.92 Å². The number of rotatable bonds is 12. The van der Waals surface area contributed by atoms with Crippen LogP contribution >= 0.6 is 7.60 Å². The molecule has 1 fully saturated rings. The average molecular weight is 665 g/mol. The summed E-state index contributed by atoms with van der Waals surface area (Å²) in [6.07, 6.45) is -0.651. The molecule has 5 rings (SSSR count). The summed E-state index contributed by atoms with van der Waals surface area (Å²) in [7, 11) is -3.99. The monoisotopic (exact) mass is 664 g/mol. The summed E-state index contributed by atoms with van der Waals surface area (Å²) in [5.74, 6) is 0. The lowest BCUT2D eigenvalue weighted by Gasteiger charge is -2.43. The number of H-pyrrole nitrogens is 1. The molecule has 10 nitrogen and oxygen atoms in total. The van der Waals surface area contributed by atoms with Crippen LogP contribution in [0.4, 0.5) is 0 Å². The molecule has 12 heteroatoms. The number of ether oxygens (including phenoxy) is 2. The van der Waals surface area contributed by atoms with E-state index in [0.29, 0.717) is 5.56 Å². The molecule has 2 heterocycles. The molecule has 0 saturated carbocycles. The topological polar surface area (TPSA) is 118 Å². The fourth-order valence-electron chi connectivity index (χ4n) is 6.19. The van der Waals surface area contributed by atoms with Gasteiger partial charge in [-0.05, 0) is 43.3 Å². The fraction of sp³-hybridized carbons (Fsp3) is 0.353. The van der Waals surface area contributed by atoms with Gasteiger partial charge in [0.25, 0.3) is 5.56 Å². The highest BCUT2D eigenvalue weighted by molar-refractivity contribution is 7.55. The van der Waals surface area contributed by atoms with Gasteiger partial charge in [0.15, 0.2) is 13.7 Å². The van der Waals surface area contributed by atoms with E-state index in [9.17, 15) is 14.2 Å². The summed E-state index contributed by atoms with van der Waals surface area (Å²) < 4.78 is 47.8. The van der Waals surface area contributed by atoms with Gasteiger partial charge in [0.2, 0.25) is 0 Å². The third kappa shape index (κ3) is 6.29. The second-order valence-corrected chi connectivity index (χ2v) is 19.2. The molecule has 1 saturated heterocycles. The lowest BCUT2D eigenvalue weighted by atomic mass is 9.80. The first-order chi connectivity index (χ1) is 21.9. The molecule has 0 radical (unpaired) electrons. The van der Waals surface area contributed by atoms with Crippen molar-refractivity contribution in [1.29, 1.82) is 0 Å². The van der Waals surface area contributed by atoms with Crippen molar-refractivity contribution in [3.05, 3.63) is 140 Å². The molecular weight excluding hydrogens is 623 g/mol. The Bertz CT molecular complexity index is 1690. The number of hydrogen-bond acceptors (Lipinski definition) is 8. The van der Waals surface area contributed by atoms with E-state index in [4.69, 9.17) is 22.9 Å². The van der Waals surface area contributed by atoms with Crippen molar-refractivity contribution in [2.75, 3.05) is 20.8 Å². The van der Waals surface area contributed by atoms with E-state index in [0.717, 1.165) is 16.7 Å². The molecule has 1 aromatic heterocycles. The summed E-state index contributed by atoms with van der Waals surface area (Å²) >= 11 is 0. The van der Waals surface area contributed by atoms with Crippen LogP contribution in [0.2, 0.25) is 19.6 Å². The predicted octanol–water partition coefficient (Wildman–Crippen LogP) is 6.17. The summed E-state index contributed by atoms with van der Waals surface area (Å²) in [6.45, 7) is 7.36. The van der Waals surface area contributed by atoms with Gasteiger partial charge in [-0.3, -0.25) is 18.9 Å². The Hall–Kier alpha value is -3.41. The summed E-state index contributed by atoms with van der Waals surface area (Å²) in [6, 6.07) is 29.6. The van der Waals surface area contributed by atoms with E-state index in [2.05, 4.69) is 4.98 Å². The molecule has 46 heavy (non-hydrogen) atoms. The van der Waals surface area contributed by atoms with Gasteiger partial charge in [0, 0.05) is 32.4 Å². The average Bonchev–Trinajstić information content (AvgIpc) is 3.42. The van der Waals surface area contributed by atoms with Crippen molar-refractivity contribution in [3.63, 3.8) is 0 Å². The lowest BCUT2D eigenvalue weighted by Crippen LogP contribution is -2.51. The second-order valence-electron chi connectivity index (χ2n) is 12.3.